The van der Waals surface area contributed by atoms with Gasteiger partial charge in [-0.1, -0.05) is 30.0 Å². The molecule has 0 radical (unpaired) electrons. The maximum absolute atomic E-state index is 12.2. The van der Waals surface area contributed by atoms with E-state index in [1.165, 1.54) is 21.8 Å². The standard InChI is InChI=1S/C19H24N6OS2/c1-13-7-5-6-8-16(13)25-14(2)22-23-19(25)28-12-17-21-15(11-27-17)18(26)20-9-10-24(3)4/h5-8,11H,9-10,12H2,1-4H3,(H,20,26)/p+1. The first-order chi connectivity index (χ1) is 13.5. The zero-order valence-electron chi connectivity index (χ0n) is 16.5. The van der Waals surface area contributed by atoms with Gasteiger partial charge in [0.1, 0.15) is 16.5 Å². The number of aromatic nitrogens is 4. The molecule has 0 aliphatic carbocycles. The van der Waals surface area contributed by atoms with Gasteiger partial charge >= 0.3 is 0 Å². The van der Waals surface area contributed by atoms with Gasteiger partial charge < -0.3 is 10.2 Å². The maximum Gasteiger partial charge on any atom is 0.270 e. The molecule has 7 nitrogen and oxygen atoms in total. The Kier molecular flexibility index (Phi) is 6.82. The van der Waals surface area contributed by atoms with Crippen molar-refractivity contribution in [2.24, 2.45) is 0 Å². The van der Waals surface area contributed by atoms with E-state index in [1.807, 2.05) is 24.4 Å². The molecule has 0 spiro atoms. The summed E-state index contributed by atoms with van der Waals surface area (Å²) < 4.78 is 2.06. The van der Waals surface area contributed by atoms with E-state index < -0.39 is 0 Å². The minimum atomic E-state index is -0.118. The van der Waals surface area contributed by atoms with Gasteiger partial charge in [-0.3, -0.25) is 9.36 Å². The van der Waals surface area contributed by atoms with Crippen LogP contribution in [0, 0.1) is 13.8 Å². The fourth-order valence-electron chi connectivity index (χ4n) is 2.65. The quantitative estimate of drug-likeness (QED) is 0.543. The van der Waals surface area contributed by atoms with E-state index in [0.717, 1.165) is 28.2 Å². The average Bonchev–Trinajstić information content (AvgIpc) is 3.27. The fourth-order valence-corrected chi connectivity index (χ4v) is 4.44. The van der Waals surface area contributed by atoms with E-state index in [1.54, 1.807) is 11.8 Å². The van der Waals surface area contributed by atoms with Crippen molar-refractivity contribution < 1.29 is 9.69 Å². The highest BCUT2D eigenvalue weighted by atomic mass is 32.2. The highest BCUT2D eigenvalue weighted by molar-refractivity contribution is 7.98. The summed E-state index contributed by atoms with van der Waals surface area (Å²) in [7, 11) is 4.11. The number of likely N-dealkylation sites (N-methyl/N-ethyl adjacent to an activating group) is 1. The number of thioether (sulfide) groups is 1. The molecule has 0 aliphatic heterocycles. The summed E-state index contributed by atoms with van der Waals surface area (Å²) in [6.07, 6.45) is 0. The number of hydrogen-bond acceptors (Lipinski definition) is 6. The van der Waals surface area contributed by atoms with Gasteiger partial charge in [-0.05, 0) is 25.5 Å². The van der Waals surface area contributed by atoms with Gasteiger partial charge in [0.05, 0.1) is 38.6 Å². The molecular weight excluding hydrogens is 392 g/mol. The highest BCUT2D eigenvalue weighted by Crippen LogP contribution is 2.27. The number of quaternary nitrogens is 1. The molecule has 2 N–H and O–H groups in total. The lowest BCUT2D eigenvalue weighted by atomic mass is 10.2. The number of nitrogens with one attached hydrogen (secondary N) is 2. The minimum absolute atomic E-state index is 0.118. The zero-order chi connectivity index (χ0) is 20.1. The van der Waals surface area contributed by atoms with Crippen molar-refractivity contribution in [3.63, 3.8) is 0 Å². The third-order valence-corrected chi connectivity index (χ3v) is 6.14. The van der Waals surface area contributed by atoms with Crippen molar-refractivity contribution in [2.45, 2.75) is 24.8 Å². The van der Waals surface area contributed by atoms with Crippen LogP contribution >= 0.6 is 23.1 Å². The maximum atomic E-state index is 12.2. The molecule has 0 atom stereocenters. The molecule has 2 aromatic heterocycles. The molecule has 0 saturated heterocycles. The van der Waals surface area contributed by atoms with Crippen LogP contribution in [0.3, 0.4) is 0 Å². The van der Waals surface area contributed by atoms with Gasteiger partial charge in [0, 0.05) is 5.38 Å². The largest absolute Gasteiger partial charge is 0.345 e. The summed E-state index contributed by atoms with van der Waals surface area (Å²) in [6.45, 7) is 5.55. The molecule has 1 amide bonds. The Balaban J connectivity index is 1.65. The number of rotatable bonds is 8. The monoisotopic (exact) mass is 417 g/mol. The molecule has 1 aromatic carbocycles. The molecule has 0 unspecified atom stereocenters. The van der Waals surface area contributed by atoms with Gasteiger partial charge in [-0.25, -0.2) is 4.98 Å². The summed E-state index contributed by atoms with van der Waals surface area (Å²) >= 11 is 3.07. The van der Waals surface area contributed by atoms with Crippen molar-refractivity contribution in [1.82, 2.24) is 25.1 Å². The number of carbonyl (C=O) groups excluding carboxylic acids is 1. The molecule has 2 heterocycles. The number of aryl methyl sites for hydroxylation is 2. The number of amides is 1. The van der Waals surface area contributed by atoms with Gasteiger partial charge in [0.2, 0.25) is 0 Å². The Bertz CT molecular complexity index is 950. The van der Waals surface area contributed by atoms with E-state index in [0.29, 0.717) is 18.0 Å². The van der Waals surface area contributed by atoms with Crippen LogP contribution in [0.25, 0.3) is 5.69 Å². The number of nitrogens with zero attached hydrogens (tertiary/aromatic N) is 4. The van der Waals surface area contributed by atoms with Crippen molar-refractivity contribution in [2.75, 3.05) is 27.2 Å². The second-order valence-electron chi connectivity index (χ2n) is 6.78. The summed E-state index contributed by atoms with van der Waals surface area (Å²) in [6, 6.07) is 8.18. The number of benzene rings is 1. The van der Waals surface area contributed by atoms with Crippen LogP contribution in [-0.4, -0.2) is 52.8 Å². The molecule has 148 valence electrons. The first kappa shape index (κ1) is 20.5. The Morgan fingerprint density at radius 3 is 2.79 bits per heavy atom. The van der Waals surface area contributed by atoms with Crippen LogP contribution in [0.1, 0.15) is 26.9 Å². The SMILES string of the molecule is Cc1ccccc1-n1c(C)nnc1SCc1nc(C(=O)NCC[NH+](C)C)cs1. The van der Waals surface area contributed by atoms with Crippen molar-refractivity contribution >= 4 is 29.0 Å². The van der Waals surface area contributed by atoms with Gasteiger partial charge in [-0.15, -0.1) is 21.5 Å². The summed E-state index contributed by atoms with van der Waals surface area (Å²) in [5, 5.41) is 15.0. The normalized spacial score (nSPS) is 11.2. The Morgan fingerprint density at radius 2 is 2.04 bits per heavy atom. The zero-order valence-corrected chi connectivity index (χ0v) is 18.2. The second kappa shape index (κ2) is 9.31. The third-order valence-electron chi connectivity index (χ3n) is 4.17. The fraction of sp³-hybridized carbons (Fsp3) is 0.368. The Labute approximate surface area is 173 Å². The predicted octanol–water partition coefficient (Wildman–Crippen LogP) is 1.51. The average molecular weight is 418 g/mol. The van der Waals surface area contributed by atoms with Crippen molar-refractivity contribution in [1.29, 1.82) is 0 Å². The smallest absolute Gasteiger partial charge is 0.270 e. The van der Waals surface area contributed by atoms with Gasteiger partial charge in [0.25, 0.3) is 5.91 Å². The molecule has 0 bridgehead atoms. The van der Waals surface area contributed by atoms with Crippen LogP contribution in [-0.2, 0) is 5.75 Å². The lowest BCUT2D eigenvalue weighted by Crippen LogP contribution is -3.06. The van der Waals surface area contributed by atoms with Crippen LogP contribution in [0.15, 0.2) is 34.8 Å². The lowest BCUT2D eigenvalue weighted by Gasteiger charge is -2.10. The summed E-state index contributed by atoms with van der Waals surface area (Å²) in [5.74, 6) is 1.37. The Hall–Kier alpha value is -2.23. The van der Waals surface area contributed by atoms with Crippen molar-refractivity contribution in [3.05, 3.63) is 51.7 Å². The second-order valence-corrected chi connectivity index (χ2v) is 8.67. The van der Waals surface area contributed by atoms with E-state index in [-0.39, 0.29) is 5.91 Å². The minimum Gasteiger partial charge on any atom is -0.345 e. The van der Waals surface area contributed by atoms with Crippen LogP contribution < -0.4 is 10.2 Å². The first-order valence-electron chi connectivity index (χ1n) is 9.08. The summed E-state index contributed by atoms with van der Waals surface area (Å²) in [4.78, 5) is 18.0. The van der Waals surface area contributed by atoms with E-state index >= 15 is 0 Å². The number of para-hydroxylation sites is 1. The highest BCUT2D eigenvalue weighted by Gasteiger charge is 2.15. The van der Waals surface area contributed by atoms with E-state index in [2.05, 4.69) is 58.2 Å². The molecule has 28 heavy (non-hydrogen) atoms. The number of carbonyl (C=O) groups is 1. The van der Waals surface area contributed by atoms with Crippen LogP contribution in [0.5, 0.6) is 0 Å². The van der Waals surface area contributed by atoms with E-state index in [9.17, 15) is 4.79 Å². The Morgan fingerprint density at radius 1 is 1.25 bits per heavy atom. The topological polar surface area (TPSA) is 77.1 Å². The lowest BCUT2D eigenvalue weighted by molar-refractivity contribution is -0.856. The molecule has 9 heteroatoms. The number of hydrogen-bond donors (Lipinski definition) is 2. The molecule has 3 rings (SSSR count). The van der Waals surface area contributed by atoms with Crippen molar-refractivity contribution in [3.8, 4) is 5.69 Å². The molecule has 0 aliphatic rings. The summed E-state index contributed by atoms with van der Waals surface area (Å²) in [5.41, 5.74) is 2.72. The van der Waals surface area contributed by atoms with Crippen LogP contribution in [0.4, 0.5) is 0 Å². The third kappa shape index (κ3) is 4.98. The number of thiazole rings is 1. The molecule has 0 fully saturated rings. The van der Waals surface area contributed by atoms with Gasteiger partial charge in [-0.2, -0.15) is 0 Å². The predicted molar refractivity (Wildman–Crippen MR) is 113 cm³/mol. The molecule has 3 aromatic rings. The molecule has 0 saturated carbocycles. The van der Waals surface area contributed by atoms with E-state index in [4.69, 9.17) is 0 Å². The van der Waals surface area contributed by atoms with Gasteiger partial charge in [0.15, 0.2) is 5.16 Å². The van der Waals surface area contributed by atoms with Crippen LogP contribution in [0.2, 0.25) is 0 Å². The molecular formula is C19H25N6OS2+. The first-order valence-corrected chi connectivity index (χ1v) is 10.9.